The van der Waals surface area contributed by atoms with Crippen molar-refractivity contribution in [2.24, 2.45) is 0 Å². The Kier molecular flexibility index (Phi) is 14.5. The zero-order chi connectivity index (χ0) is 19.2. The Bertz CT molecular complexity index is 354. The molecule has 0 saturated carbocycles. The second kappa shape index (κ2) is 14.3. The summed E-state index contributed by atoms with van der Waals surface area (Å²) in [7, 11) is 0. The van der Waals surface area contributed by atoms with Gasteiger partial charge in [-0.15, -0.1) is 0 Å². The van der Waals surface area contributed by atoms with Crippen molar-refractivity contribution in [3.63, 3.8) is 0 Å². The topological polar surface area (TPSA) is 20.2 Å². The number of rotatable bonds is 15. The summed E-state index contributed by atoms with van der Waals surface area (Å²) in [6, 6.07) is 0. The summed E-state index contributed by atoms with van der Waals surface area (Å²) >= 11 is -2.55. The van der Waals surface area contributed by atoms with Crippen molar-refractivity contribution in [1.29, 1.82) is 0 Å². The van der Waals surface area contributed by atoms with Crippen molar-refractivity contribution >= 4 is 18.4 Å². The molecule has 0 saturated heterocycles. The summed E-state index contributed by atoms with van der Waals surface area (Å²) in [6.07, 6.45) is 18.5. The second-order valence-electron chi connectivity index (χ2n) is 8.30. The molecule has 2 heteroatoms. The minimum absolute atomic E-state index is 0.652. The van der Waals surface area contributed by atoms with Crippen LogP contribution in [-0.2, 0) is 0 Å². The van der Waals surface area contributed by atoms with Crippen molar-refractivity contribution < 1.29 is 5.11 Å². The van der Waals surface area contributed by atoms with Gasteiger partial charge in [-0.25, -0.2) is 0 Å². The third kappa shape index (κ3) is 10.2. The van der Waals surface area contributed by atoms with Crippen molar-refractivity contribution in [2.75, 3.05) is 0 Å². The monoisotopic (exact) mass is 458 g/mol. The van der Waals surface area contributed by atoms with Gasteiger partial charge in [-0.3, -0.25) is 0 Å². The van der Waals surface area contributed by atoms with E-state index in [4.69, 9.17) is 0 Å². The molecule has 0 aromatic carbocycles. The third-order valence-corrected chi connectivity index (χ3v) is 22.1. The normalized spacial score (nSPS) is 13.8. The standard InChI is InChI=1S/C11H19O.3C4H9.Sn/c1-4-5-6-7-8-9-10-11(2,3)12;3*1-3-4-2;/h7-9,12H,4-6H2,1-3H3;3*1,3-4H2,2H3;/b8-7+,10-9?;;;;. The maximum atomic E-state index is 11.1. The van der Waals surface area contributed by atoms with Crippen LogP contribution in [0.5, 0.6) is 0 Å². The van der Waals surface area contributed by atoms with E-state index in [1.807, 2.05) is 13.8 Å². The zero-order valence-electron chi connectivity index (χ0n) is 18.2. The van der Waals surface area contributed by atoms with E-state index in [0.717, 1.165) is 6.42 Å². The van der Waals surface area contributed by atoms with Gasteiger partial charge in [0.2, 0.25) is 0 Å². The van der Waals surface area contributed by atoms with Crippen LogP contribution in [0, 0.1) is 0 Å². The van der Waals surface area contributed by atoms with Crippen LogP contribution in [0.3, 0.4) is 0 Å². The van der Waals surface area contributed by atoms with Gasteiger partial charge in [-0.2, -0.15) is 0 Å². The van der Waals surface area contributed by atoms with E-state index in [1.54, 1.807) is 0 Å². The van der Waals surface area contributed by atoms with Crippen LogP contribution in [0.15, 0.2) is 21.8 Å². The molecule has 0 rings (SSSR count). The number of unbranched alkanes of at least 4 members (excludes halogenated alkanes) is 5. The van der Waals surface area contributed by atoms with E-state index >= 15 is 0 Å². The minimum atomic E-state index is -2.55. The quantitative estimate of drug-likeness (QED) is 0.151. The van der Waals surface area contributed by atoms with Gasteiger partial charge in [-0.1, -0.05) is 0 Å². The Morgan fingerprint density at radius 3 is 1.60 bits per heavy atom. The van der Waals surface area contributed by atoms with Crippen LogP contribution in [0.4, 0.5) is 0 Å². The van der Waals surface area contributed by atoms with E-state index in [2.05, 4.69) is 45.9 Å². The van der Waals surface area contributed by atoms with Crippen LogP contribution >= 0.6 is 0 Å². The molecule has 0 aromatic rings. The van der Waals surface area contributed by atoms with E-state index in [9.17, 15) is 5.11 Å². The Morgan fingerprint density at radius 1 is 0.800 bits per heavy atom. The molecule has 0 aliphatic rings. The fourth-order valence-corrected chi connectivity index (χ4v) is 22.2. The fourth-order valence-electron chi connectivity index (χ4n) is 3.94. The van der Waals surface area contributed by atoms with Gasteiger partial charge in [0.1, 0.15) is 0 Å². The molecule has 0 spiro atoms. The number of aliphatic hydroxyl groups is 1. The first-order valence-corrected chi connectivity index (χ1v) is 18.5. The Balaban J connectivity index is 5.74. The SMILES string of the molecule is CCCC/C=C/C=[C](\C(C)(C)O)[Sn]([CH2]CCC)([CH2]CCC)[CH2]CCC. The van der Waals surface area contributed by atoms with Crippen LogP contribution in [-0.4, -0.2) is 29.1 Å². The molecule has 0 atom stereocenters. The Labute approximate surface area is 163 Å². The van der Waals surface area contributed by atoms with E-state index in [1.165, 1.54) is 68.3 Å². The average Bonchev–Trinajstić information content (AvgIpc) is 2.57. The molecule has 25 heavy (non-hydrogen) atoms. The van der Waals surface area contributed by atoms with Gasteiger partial charge in [0.05, 0.1) is 0 Å². The zero-order valence-corrected chi connectivity index (χ0v) is 21.0. The van der Waals surface area contributed by atoms with E-state index in [-0.39, 0.29) is 0 Å². The van der Waals surface area contributed by atoms with Gasteiger partial charge < -0.3 is 0 Å². The summed E-state index contributed by atoms with van der Waals surface area (Å²) in [5, 5.41) is 11.1. The molecule has 0 aromatic heterocycles. The molecule has 0 fully saturated rings. The first-order valence-electron chi connectivity index (χ1n) is 11.0. The number of hydrogen-bond donors (Lipinski definition) is 1. The van der Waals surface area contributed by atoms with E-state index < -0.39 is 24.0 Å². The molecular weight excluding hydrogens is 411 g/mol. The predicted octanol–water partition coefficient (Wildman–Crippen LogP) is 7.82. The maximum absolute atomic E-state index is 11.1. The van der Waals surface area contributed by atoms with Gasteiger partial charge in [-0.05, 0) is 0 Å². The van der Waals surface area contributed by atoms with E-state index in [0.29, 0.717) is 0 Å². The number of allylic oxidation sites excluding steroid dienone is 3. The van der Waals surface area contributed by atoms with Gasteiger partial charge >= 0.3 is 164 Å². The third-order valence-electron chi connectivity index (χ3n) is 5.38. The predicted molar refractivity (Wildman–Crippen MR) is 118 cm³/mol. The molecule has 0 bridgehead atoms. The molecule has 0 radical (unpaired) electrons. The van der Waals surface area contributed by atoms with Crippen molar-refractivity contribution in [2.45, 2.75) is 118 Å². The second-order valence-corrected chi connectivity index (χ2v) is 21.4. The fraction of sp³-hybridized carbons (Fsp3) is 0.826. The summed E-state index contributed by atoms with van der Waals surface area (Å²) in [4.78, 5) is 0. The molecule has 0 heterocycles. The first-order chi connectivity index (χ1) is 11.9. The Morgan fingerprint density at radius 2 is 1.24 bits per heavy atom. The Hall–Kier alpha value is 0.239. The van der Waals surface area contributed by atoms with Gasteiger partial charge in [0.15, 0.2) is 0 Å². The van der Waals surface area contributed by atoms with Crippen molar-refractivity contribution in [1.82, 2.24) is 0 Å². The molecule has 148 valence electrons. The molecule has 0 aliphatic carbocycles. The summed E-state index contributed by atoms with van der Waals surface area (Å²) in [5.74, 6) is 0. The van der Waals surface area contributed by atoms with Gasteiger partial charge in [0, 0.05) is 0 Å². The first kappa shape index (κ1) is 25.2. The summed E-state index contributed by atoms with van der Waals surface area (Å²) < 4.78 is 5.74. The average molecular weight is 457 g/mol. The molecule has 0 aliphatic heterocycles. The molecular formula is C23H46OSn. The summed E-state index contributed by atoms with van der Waals surface area (Å²) in [6.45, 7) is 13.3. The molecule has 1 nitrogen and oxygen atoms in total. The van der Waals surface area contributed by atoms with Crippen molar-refractivity contribution in [3.05, 3.63) is 21.8 Å². The van der Waals surface area contributed by atoms with Crippen LogP contribution < -0.4 is 0 Å². The molecule has 0 unspecified atom stereocenters. The molecule has 1 N–H and O–H groups in total. The molecule has 0 amide bonds. The van der Waals surface area contributed by atoms with Crippen LogP contribution in [0.2, 0.25) is 13.3 Å². The van der Waals surface area contributed by atoms with Crippen LogP contribution in [0.1, 0.15) is 99.3 Å². The van der Waals surface area contributed by atoms with Crippen LogP contribution in [0.25, 0.3) is 0 Å². The van der Waals surface area contributed by atoms with Crippen molar-refractivity contribution in [3.8, 4) is 0 Å². The number of hydrogen-bond acceptors (Lipinski definition) is 1. The van der Waals surface area contributed by atoms with Gasteiger partial charge in [0.25, 0.3) is 0 Å². The summed E-state index contributed by atoms with van der Waals surface area (Å²) in [5.41, 5.74) is -0.652.